The van der Waals surface area contributed by atoms with Gasteiger partial charge in [-0.2, -0.15) is 5.10 Å². The monoisotopic (exact) mass is 362 g/mol. The molecule has 0 aromatic rings. The number of amides is 1. The van der Waals surface area contributed by atoms with E-state index in [1.165, 1.54) is 6.42 Å². The first-order valence-corrected chi connectivity index (χ1v) is 9.78. The lowest BCUT2D eigenvalue weighted by molar-refractivity contribution is -0.130. The highest BCUT2D eigenvalue weighted by Gasteiger charge is 2.36. The predicted molar refractivity (Wildman–Crippen MR) is 99.4 cm³/mol. The Bertz CT molecular complexity index is 622. The molecule has 1 amide bonds. The summed E-state index contributed by atoms with van der Waals surface area (Å²) in [7, 11) is 1.96. The van der Waals surface area contributed by atoms with Crippen LogP contribution in [-0.2, 0) is 9.59 Å². The van der Waals surface area contributed by atoms with Gasteiger partial charge in [0.2, 0.25) is 11.7 Å². The third-order valence-electron chi connectivity index (χ3n) is 5.80. The minimum Gasteiger partial charge on any atom is -0.510 e. The number of likely N-dealkylation sites (tertiary alicyclic amines) is 1. The van der Waals surface area contributed by atoms with Crippen LogP contribution >= 0.6 is 0 Å². The van der Waals surface area contributed by atoms with Crippen molar-refractivity contribution < 1.29 is 14.7 Å². The number of aliphatic hydroxyl groups excluding tert-OH is 1. The average Bonchev–Trinajstić information content (AvgIpc) is 3.05. The van der Waals surface area contributed by atoms with Crippen molar-refractivity contribution in [1.82, 2.24) is 15.6 Å². The van der Waals surface area contributed by atoms with Crippen LogP contribution in [0.1, 0.15) is 58.3 Å². The van der Waals surface area contributed by atoms with Gasteiger partial charge in [0.25, 0.3) is 0 Å². The molecule has 2 atom stereocenters. The molecule has 2 aliphatic carbocycles. The second-order valence-electron chi connectivity index (χ2n) is 7.82. The Morgan fingerprint density at radius 1 is 1.23 bits per heavy atom. The SMILES string of the molecule is CC1CC(NC(=O)C2CCCCC2)C(=O)C(N/N=C2\CCCN2C)=C1O. The van der Waals surface area contributed by atoms with Crippen LogP contribution in [-0.4, -0.2) is 47.2 Å². The van der Waals surface area contributed by atoms with Gasteiger partial charge in [-0.3, -0.25) is 15.0 Å². The van der Waals surface area contributed by atoms with Crippen LogP contribution in [0.4, 0.5) is 0 Å². The number of Topliss-reactive ketones (excluding diaryl/α,β-unsaturated/α-hetero) is 1. The molecule has 0 bridgehead atoms. The van der Waals surface area contributed by atoms with Gasteiger partial charge in [0.15, 0.2) is 0 Å². The molecule has 3 rings (SSSR count). The van der Waals surface area contributed by atoms with Gasteiger partial charge >= 0.3 is 0 Å². The molecule has 1 saturated heterocycles. The first kappa shape index (κ1) is 18.7. The Morgan fingerprint density at radius 3 is 2.62 bits per heavy atom. The smallest absolute Gasteiger partial charge is 0.223 e. The fraction of sp³-hybridized carbons (Fsp3) is 0.737. The number of hydrogen-bond acceptors (Lipinski definition) is 5. The van der Waals surface area contributed by atoms with Gasteiger partial charge in [-0.25, -0.2) is 0 Å². The van der Waals surface area contributed by atoms with Crippen LogP contribution in [0, 0.1) is 11.8 Å². The van der Waals surface area contributed by atoms with E-state index in [4.69, 9.17) is 0 Å². The van der Waals surface area contributed by atoms with Crippen molar-refractivity contribution in [3.8, 4) is 0 Å². The molecular formula is C19H30N4O3. The Labute approximate surface area is 154 Å². The normalized spacial score (nSPS) is 29.4. The number of carbonyl (C=O) groups is 2. The molecule has 1 heterocycles. The average molecular weight is 362 g/mol. The van der Waals surface area contributed by atoms with E-state index in [2.05, 4.69) is 15.8 Å². The first-order chi connectivity index (χ1) is 12.5. The lowest BCUT2D eigenvalue weighted by Crippen LogP contribution is -2.49. The minimum absolute atomic E-state index is 0.00940. The zero-order valence-electron chi connectivity index (χ0n) is 15.8. The lowest BCUT2D eigenvalue weighted by atomic mass is 9.86. The summed E-state index contributed by atoms with van der Waals surface area (Å²) < 4.78 is 0. The maximum Gasteiger partial charge on any atom is 0.223 e. The fourth-order valence-electron chi connectivity index (χ4n) is 4.07. The van der Waals surface area contributed by atoms with Crippen LogP contribution < -0.4 is 10.7 Å². The van der Waals surface area contributed by atoms with Gasteiger partial charge in [-0.05, 0) is 25.7 Å². The number of nitrogens with one attached hydrogen (secondary N) is 2. The zero-order chi connectivity index (χ0) is 18.7. The maximum absolute atomic E-state index is 12.8. The van der Waals surface area contributed by atoms with Gasteiger partial charge in [0.05, 0.1) is 6.04 Å². The fourth-order valence-corrected chi connectivity index (χ4v) is 4.07. The van der Waals surface area contributed by atoms with Gasteiger partial charge < -0.3 is 15.3 Å². The van der Waals surface area contributed by atoms with Crippen LogP contribution in [0.3, 0.4) is 0 Å². The molecule has 26 heavy (non-hydrogen) atoms. The van der Waals surface area contributed by atoms with Crippen molar-refractivity contribution in [3.05, 3.63) is 11.5 Å². The van der Waals surface area contributed by atoms with Crippen molar-refractivity contribution in [3.63, 3.8) is 0 Å². The molecule has 0 spiro atoms. The number of rotatable bonds is 4. The van der Waals surface area contributed by atoms with Gasteiger partial charge in [0, 0.05) is 31.8 Å². The summed E-state index contributed by atoms with van der Waals surface area (Å²) in [4.78, 5) is 27.4. The van der Waals surface area contributed by atoms with Crippen molar-refractivity contribution in [2.75, 3.05) is 13.6 Å². The zero-order valence-corrected chi connectivity index (χ0v) is 15.8. The van der Waals surface area contributed by atoms with E-state index in [1.807, 2.05) is 18.9 Å². The minimum atomic E-state index is -0.598. The highest BCUT2D eigenvalue weighted by atomic mass is 16.3. The molecule has 3 N–H and O–H groups in total. The summed E-state index contributed by atoms with van der Waals surface area (Å²) in [5, 5.41) is 17.6. The molecule has 2 fully saturated rings. The number of nitrogens with zero attached hydrogens (tertiary/aromatic N) is 2. The summed E-state index contributed by atoms with van der Waals surface area (Å²) in [5.74, 6) is 0.401. The maximum atomic E-state index is 12.8. The quantitative estimate of drug-likeness (QED) is 0.666. The van der Waals surface area contributed by atoms with Crippen molar-refractivity contribution in [2.24, 2.45) is 16.9 Å². The summed E-state index contributed by atoms with van der Waals surface area (Å²) in [6, 6.07) is -0.598. The van der Waals surface area contributed by atoms with E-state index in [1.54, 1.807) is 0 Å². The lowest BCUT2D eigenvalue weighted by Gasteiger charge is -2.30. The van der Waals surface area contributed by atoms with E-state index in [9.17, 15) is 14.7 Å². The largest absolute Gasteiger partial charge is 0.510 e. The molecule has 144 valence electrons. The van der Waals surface area contributed by atoms with Crippen LogP contribution in [0.5, 0.6) is 0 Å². The Morgan fingerprint density at radius 2 is 1.96 bits per heavy atom. The number of aliphatic hydroxyl groups is 1. The molecular weight excluding hydrogens is 332 g/mol. The molecule has 2 unspecified atom stereocenters. The van der Waals surface area contributed by atoms with Gasteiger partial charge in [0.1, 0.15) is 17.3 Å². The highest BCUT2D eigenvalue weighted by molar-refractivity contribution is 6.02. The second kappa shape index (κ2) is 8.10. The molecule has 7 nitrogen and oxygen atoms in total. The standard InChI is InChI=1S/C19H30N4O3/c1-12-11-14(20-19(26)13-7-4-3-5-8-13)18(25)16(17(12)24)22-21-15-9-6-10-23(15)2/h12-14,22,24H,3-11H2,1-2H3,(H,20,26)/b21-15+. The molecule has 1 aliphatic heterocycles. The molecule has 0 aromatic carbocycles. The van der Waals surface area contributed by atoms with Gasteiger partial charge in [-0.15, -0.1) is 0 Å². The van der Waals surface area contributed by atoms with Crippen molar-refractivity contribution >= 4 is 17.5 Å². The number of hydrogen-bond donors (Lipinski definition) is 3. The molecule has 7 heteroatoms. The van der Waals surface area contributed by atoms with E-state index < -0.39 is 6.04 Å². The molecule has 0 radical (unpaired) electrons. The van der Waals surface area contributed by atoms with E-state index >= 15 is 0 Å². The summed E-state index contributed by atoms with van der Waals surface area (Å²) in [6.07, 6.45) is 7.43. The topological polar surface area (TPSA) is 94.0 Å². The summed E-state index contributed by atoms with van der Waals surface area (Å²) in [6.45, 7) is 2.80. The first-order valence-electron chi connectivity index (χ1n) is 9.78. The summed E-state index contributed by atoms with van der Waals surface area (Å²) >= 11 is 0. The Hall–Kier alpha value is -2.05. The number of amidine groups is 1. The number of hydrazone groups is 1. The van der Waals surface area contributed by atoms with E-state index in [0.717, 1.165) is 50.9 Å². The number of ketones is 1. The van der Waals surface area contributed by atoms with Crippen molar-refractivity contribution in [1.29, 1.82) is 0 Å². The van der Waals surface area contributed by atoms with Crippen LogP contribution in [0.15, 0.2) is 16.6 Å². The van der Waals surface area contributed by atoms with E-state index in [-0.39, 0.29) is 35.0 Å². The van der Waals surface area contributed by atoms with E-state index in [0.29, 0.717) is 6.42 Å². The Balaban J connectivity index is 1.68. The molecule has 1 saturated carbocycles. The van der Waals surface area contributed by atoms with Crippen molar-refractivity contribution in [2.45, 2.75) is 64.3 Å². The third-order valence-corrected chi connectivity index (χ3v) is 5.80. The molecule has 0 aromatic heterocycles. The highest BCUT2D eigenvalue weighted by Crippen LogP contribution is 2.27. The summed E-state index contributed by atoms with van der Waals surface area (Å²) in [5.41, 5.74) is 2.90. The Kier molecular flexibility index (Phi) is 5.84. The number of allylic oxidation sites excluding steroid dienone is 1. The van der Waals surface area contributed by atoms with Crippen LogP contribution in [0.2, 0.25) is 0 Å². The third kappa shape index (κ3) is 4.02. The van der Waals surface area contributed by atoms with Crippen LogP contribution in [0.25, 0.3) is 0 Å². The predicted octanol–water partition coefficient (Wildman–Crippen LogP) is 2.06. The molecule has 3 aliphatic rings. The second-order valence-corrected chi connectivity index (χ2v) is 7.82. The van der Waals surface area contributed by atoms with Gasteiger partial charge in [-0.1, -0.05) is 26.2 Å². The number of carbonyl (C=O) groups excluding carboxylic acids is 2.